The van der Waals surface area contributed by atoms with Crippen molar-refractivity contribution in [2.75, 3.05) is 11.9 Å². The molecule has 1 saturated heterocycles. The van der Waals surface area contributed by atoms with Crippen LogP contribution in [-0.4, -0.2) is 24.6 Å². The van der Waals surface area contributed by atoms with E-state index in [0.717, 1.165) is 16.8 Å². The maximum absolute atomic E-state index is 12.2. The van der Waals surface area contributed by atoms with Crippen LogP contribution in [0.2, 0.25) is 0 Å². The molecule has 1 aromatic carbocycles. The third-order valence-corrected chi connectivity index (χ3v) is 3.72. The topological polar surface area (TPSA) is 76.7 Å². The lowest BCUT2D eigenvalue weighted by molar-refractivity contribution is -0.160. The van der Waals surface area contributed by atoms with Gasteiger partial charge >= 0.3 is 5.97 Å². The highest BCUT2D eigenvalue weighted by Gasteiger charge is 2.51. The van der Waals surface area contributed by atoms with Gasteiger partial charge in [0.1, 0.15) is 0 Å². The summed E-state index contributed by atoms with van der Waals surface area (Å²) < 4.78 is 4.96. The van der Waals surface area contributed by atoms with Crippen LogP contribution < -0.4 is 10.8 Å². The van der Waals surface area contributed by atoms with Gasteiger partial charge in [0.25, 0.3) is 0 Å². The average Bonchev–Trinajstić information content (AvgIpc) is 2.84. The fourth-order valence-corrected chi connectivity index (χ4v) is 2.83. The SMILES string of the molecule is CCOC(=O)[C@H]1ON[C@@H]2c3c(C)cccc3NC(=O)[C@H]12. The average molecular weight is 276 g/mol. The number of rotatable bonds is 2. The number of anilines is 1. The molecule has 1 amide bonds. The van der Waals surface area contributed by atoms with Gasteiger partial charge in [-0.05, 0) is 31.0 Å². The van der Waals surface area contributed by atoms with Gasteiger partial charge in [-0.3, -0.25) is 9.63 Å². The zero-order valence-corrected chi connectivity index (χ0v) is 11.3. The van der Waals surface area contributed by atoms with Crippen LogP contribution >= 0.6 is 0 Å². The molecule has 2 aliphatic heterocycles. The minimum Gasteiger partial charge on any atom is -0.464 e. The van der Waals surface area contributed by atoms with E-state index in [-0.39, 0.29) is 18.6 Å². The van der Waals surface area contributed by atoms with Gasteiger partial charge in [-0.25, -0.2) is 4.79 Å². The second-order valence-corrected chi connectivity index (χ2v) is 4.94. The Morgan fingerprint density at radius 3 is 3.00 bits per heavy atom. The molecule has 106 valence electrons. The van der Waals surface area contributed by atoms with Crippen LogP contribution in [0.4, 0.5) is 5.69 Å². The predicted molar refractivity (Wildman–Crippen MR) is 70.7 cm³/mol. The summed E-state index contributed by atoms with van der Waals surface area (Å²) in [6.45, 7) is 3.94. The van der Waals surface area contributed by atoms with Crippen molar-refractivity contribution in [3.05, 3.63) is 29.3 Å². The Kier molecular flexibility index (Phi) is 3.19. The largest absolute Gasteiger partial charge is 0.464 e. The van der Waals surface area contributed by atoms with E-state index in [4.69, 9.17) is 9.57 Å². The van der Waals surface area contributed by atoms with E-state index in [0.29, 0.717) is 0 Å². The second kappa shape index (κ2) is 4.88. The molecule has 1 fully saturated rings. The lowest BCUT2D eigenvalue weighted by Crippen LogP contribution is -2.41. The Balaban J connectivity index is 1.97. The fraction of sp³-hybridized carbons (Fsp3) is 0.429. The van der Waals surface area contributed by atoms with Gasteiger partial charge < -0.3 is 10.1 Å². The fourth-order valence-electron chi connectivity index (χ4n) is 2.83. The number of fused-ring (bicyclic) bond motifs is 3. The minimum atomic E-state index is -0.910. The highest BCUT2D eigenvalue weighted by molar-refractivity contribution is 6.00. The molecule has 0 aromatic heterocycles. The number of ether oxygens (including phenoxy) is 1. The van der Waals surface area contributed by atoms with Gasteiger partial charge in [-0.1, -0.05) is 12.1 Å². The standard InChI is InChI=1S/C14H16N2O4/c1-3-19-14(18)12-10-11(16-20-12)9-7(2)5-4-6-8(9)15-13(10)17/h4-6,10-12,16H,3H2,1-2H3,(H,15,17)/t10-,11+,12-/m0/s1. The van der Waals surface area contributed by atoms with Gasteiger partial charge in [-0.15, -0.1) is 0 Å². The van der Waals surface area contributed by atoms with Crippen LogP contribution in [-0.2, 0) is 19.2 Å². The van der Waals surface area contributed by atoms with Crippen molar-refractivity contribution in [2.45, 2.75) is 26.0 Å². The van der Waals surface area contributed by atoms with Crippen LogP contribution in [0.3, 0.4) is 0 Å². The number of aryl methyl sites for hydroxylation is 1. The number of hydrogen-bond acceptors (Lipinski definition) is 5. The van der Waals surface area contributed by atoms with E-state index in [9.17, 15) is 9.59 Å². The summed E-state index contributed by atoms with van der Waals surface area (Å²) in [7, 11) is 0. The number of esters is 1. The first kappa shape index (κ1) is 13.1. The van der Waals surface area contributed by atoms with E-state index in [1.807, 2.05) is 25.1 Å². The van der Waals surface area contributed by atoms with E-state index in [2.05, 4.69) is 10.8 Å². The van der Waals surface area contributed by atoms with E-state index in [1.54, 1.807) is 6.92 Å². The number of hydrogen-bond donors (Lipinski definition) is 2. The number of carbonyl (C=O) groups excluding carboxylic acids is 2. The Labute approximate surface area is 116 Å². The molecule has 3 rings (SSSR count). The van der Waals surface area contributed by atoms with Crippen molar-refractivity contribution < 1.29 is 19.2 Å². The van der Waals surface area contributed by atoms with Gasteiger partial charge in [0, 0.05) is 5.69 Å². The molecule has 0 aliphatic carbocycles. The van der Waals surface area contributed by atoms with Crippen LogP contribution in [0.1, 0.15) is 24.1 Å². The third kappa shape index (κ3) is 1.88. The molecule has 2 N–H and O–H groups in total. The summed E-state index contributed by atoms with van der Waals surface area (Å²) in [4.78, 5) is 29.4. The maximum atomic E-state index is 12.2. The first-order chi connectivity index (χ1) is 9.63. The normalized spacial score (nSPS) is 27.5. The Bertz CT molecular complexity index is 572. The summed E-state index contributed by atoms with van der Waals surface area (Å²) in [5, 5.41) is 2.83. The second-order valence-electron chi connectivity index (χ2n) is 4.94. The van der Waals surface area contributed by atoms with Gasteiger partial charge in [-0.2, -0.15) is 5.48 Å². The molecule has 0 saturated carbocycles. The number of hydroxylamine groups is 1. The van der Waals surface area contributed by atoms with Crippen molar-refractivity contribution in [1.29, 1.82) is 0 Å². The molecule has 6 nitrogen and oxygen atoms in total. The van der Waals surface area contributed by atoms with Crippen molar-refractivity contribution in [2.24, 2.45) is 5.92 Å². The van der Waals surface area contributed by atoms with Gasteiger partial charge in [0.05, 0.1) is 18.6 Å². The molecule has 1 aromatic rings. The number of carbonyl (C=O) groups is 2. The summed E-state index contributed by atoms with van der Waals surface area (Å²) >= 11 is 0. The zero-order chi connectivity index (χ0) is 14.3. The van der Waals surface area contributed by atoms with Crippen LogP contribution in [0.25, 0.3) is 0 Å². The third-order valence-electron chi connectivity index (χ3n) is 3.72. The summed E-state index contributed by atoms with van der Waals surface area (Å²) in [6, 6.07) is 5.37. The Morgan fingerprint density at radius 1 is 1.45 bits per heavy atom. The highest BCUT2D eigenvalue weighted by atomic mass is 16.7. The van der Waals surface area contributed by atoms with Crippen LogP contribution in [0, 0.1) is 12.8 Å². The highest BCUT2D eigenvalue weighted by Crippen LogP contribution is 2.41. The van der Waals surface area contributed by atoms with Crippen molar-refractivity contribution >= 4 is 17.6 Å². The minimum absolute atomic E-state index is 0.226. The Hall–Kier alpha value is -1.92. The van der Waals surface area contributed by atoms with Crippen LogP contribution in [0.5, 0.6) is 0 Å². The first-order valence-electron chi connectivity index (χ1n) is 6.61. The van der Waals surface area contributed by atoms with E-state index >= 15 is 0 Å². The molecule has 2 aliphatic rings. The monoisotopic (exact) mass is 276 g/mol. The molecule has 6 heteroatoms. The predicted octanol–water partition coefficient (Wildman–Crippen LogP) is 1.07. The van der Waals surface area contributed by atoms with Crippen molar-refractivity contribution in [3.63, 3.8) is 0 Å². The molecular formula is C14H16N2O4. The van der Waals surface area contributed by atoms with Crippen molar-refractivity contribution in [1.82, 2.24) is 5.48 Å². The number of amides is 1. The Morgan fingerprint density at radius 2 is 2.25 bits per heavy atom. The maximum Gasteiger partial charge on any atom is 0.338 e. The first-order valence-corrected chi connectivity index (χ1v) is 6.61. The van der Waals surface area contributed by atoms with Gasteiger partial charge in [0.2, 0.25) is 5.91 Å². The smallest absolute Gasteiger partial charge is 0.338 e. The lowest BCUT2D eigenvalue weighted by Gasteiger charge is -2.29. The van der Waals surface area contributed by atoms with E-state index < -0.39 is 18.0 Å². The molecule has 3 atom stereocenters. The van der Waals surface area contributed by atoms with Crippen molar-refractivity contribution in [3.8, 4) is 0 Å². The molecule has 20 heavy (non-hydrogen) atoms. The zero-order valence-electron chi connectivity index (χ0n) is 11.3. The molecule has 0 spiro atoms. The molecule has 0 unspecified atom stereocenters. The summed E-state index contributed by atoms with van der Waals surface area (Å²) in [6.07, 6.45) is -0.910. The molecular weight excluding hydrogens is 260 g/mol. The number of benzene rings is 1. The lowest BCUT2D eigenvalue weighted by atomic mass is 9.83. The van der Waals surface area contributed by atoms with Gasteiger partial charge in [0.15, 0.2) is 6.10 Å². The quantitative estimate of drug-likeness (QED) is 0.790. The molecule has 2 heterocycles. The number of nitrogens with one attached hydrogen (secondary N) is 2. The summed E-state index contributed by atoms with van der Waals surface area (Å²) in [5.41, 5.74) is 5.58. The molecule has 0 radical (unpaired) electrons. The molecule has 0 bridgehead atoms. The van der Waals surface area contributed by atoms with Crippen LogP contribution in [0.15, 0.2) is 18.2 Å². The summed E-state index contributed by atoms with van der Waals surface area (Å²) in [5.74, 6) is -1.35. The van der Waals surface area contributed by atoms with E-state index in [1.165, 1.54) is 0 Å².